The van der Waals surface area contributed by atoms with Gasteiger partial charge in [0.25, 0.3) is 0 Å². The molecular weight excluding hydrogens is 244 g/mol. The van der Waals surface area contributed by atoms with Crippen molar-refractivity contribution in [2.24, 2.45) is 11.3 Å². The molecular formula is C10H25ClO2Si2. The molecule has 0 aromatic rings. The first kappa shape index (κ1) is 15.6. The maximum atomic E-state index is 5.85. The number of rotatable bonds is 8. The summed E-state index contributed by atoms with van der Waals surface area (Å²) in [7, 11) is -0.819. The van der Waals surface area contributed by atoms with E-state index >= 15 is 0 Å². The minimum absolute atomic E-state index is 0.00324. The maximum absolute atomic E-state index is 5.85. The molecule has 5 heteroatoms. The minimum Gasteiger partial charge on any atom is -0.400 e. The molecule has 0 aliphatic carbocycles. The molecule has 0 aromatic heterocycles. The maximum Gasteiger partial charge on any atom is 0.161 e. The Bertz CT molecular complexity index is 162. The van der Waals surface area contributed by atoms with Crippen LogP contribution in [0.2, 0.25) is 13.1 Å². The zero-order valence-corrected chi connectivity index (χ0v) is 14.3. The summed E-state index contributed by atoms with van der Waals surface area (Å²) in [5, 5.41) is 0. The van der Waals surface area contributed by atoms with Crippen LogP contribution in [0.25, 0.3) is 0 Å². The lowest BCUT2D eigenvalue weighted by molar-refractivity contribution is -0.0862. The van der Waals surface area contributed by atoms with Crippen molar-refractivity contribution in [1.29, 1.82) is 0 Å². The van der Waals surface area contributed by atoms with Crippen molar-refractivity contribution in [2.45, 2.75) is 46.6 Å². The summed E-state index contributed by atoms with van der Waals surface area (Å²) in [5.41, 5.74) is 0.0837. The lowest BCUT2D eigenvalue weighted by atomic mass is 9.83. The Morgan fingerprint density at radius 2 is 1.67 bits per heavy atom. The van der Waals surface area contributed by atoms with E-state index in [0.717, 1.165) is 6.42 Å². The Hall–Kier alpha value is 0.644. The molecule has 1 unspecified atom stereocenters. The molecule has 0 aromatic carbocycles. The molecule has 15 heavy (non-hydrogen) atoms. The molecule has 0 heterocycles. The summed E-state index contributed by atoms with van der Waals surface area (Å²) < 4.78 is 11.6. The SMILES string of the molecule is C[SiH2]OC(O[SiH2]C)C(C)(C)CC(C)CCl. The summed E-state index contributed by atoms with van der Waals surface area (Å²) in [6.45, 7) is 10.9. The highest BCUT2D eigenvalue weighted by molar-refractivity contribution is 6.26. The Kier molecular flexibility index (Phi) is 8.18. The smallest absolute Gasteiger partial charge is 0.161 e. The minimum atomic E-state index is -0.410. The molecule has 0 fully saturated rings. The molecule has 0 N–H and O–H groups in total. The highest BCUT2D eigenvalue weighted by Crippen LogP contribution is 2.32. The first-order valence-electron chi connectivity index (χ1n) is 5.77. The lowest BCUT2D eigenvalue weighted by Gasteiger charge is -2.36. The van der Waals surface area contributed by atoms with Crippen LogP contribution in [0.15, 0.2) is 0 Å². The third-order valence-corrected chi connectivity index (χ3v) is 4.21. The van der Waals surface area contributed by atoms with E-state index in [1.165, 1.54) is 0 Å². The Balaban J connectivity index is 4.33. The van der Waals surface area contributed by atoms with Crippen LogP contribution >= 0.6 is 11.6 Å². The predicted octanol–water partition coefficient (Wildman–Crippen LogP) is 1.90. The highest BCUT2D eigenvalue weighted by Gasteiger charge is 2.31. The van der Waals surface area contributed by atoms with Gasteiger partial charge >= 0.3 is 0 Å². The van der Waals surface area contributed by atoms with Gasteiger partial charge in [-0.3, -0.25) is 0 Å². The van der Waals surface area contributed by atoms with Crippen LogP contribution in [0.5, 0.6) is 0 Å². The molecule has 0 rings (SSSR count). The number of hydrogen-bond donors (Lipinski definition) is 0. The molecule has 1 atom stereocenters. The molecule has 0 aliphatic heterocycles. The van der Waals surface area contributed by atoms with E-state index in [9.17, 15) is 0 Å². The van der Waals surface area contributed by atoms with Crippen molar-refractivity contribution in [1.82, 2.24) is 0 Å². The van der Waals surface area contributed by atoms with Crippen LogP contribution in [0, 0.1) is 11.3 Å². The fourth-order valence-corrected chi connectivity index (χ4v) is 3.85. The summed E-state index contributed by atoms with van der Waals surface area (Å²) in [6, 6.07) is 0. The normalized spacial score (nSPS) is 18.0. The van der Waals surface area contributed by atoms with Crippen molar-refractivity contribution in [2.75, 3.05) is 5.88 Å². The molecule has 0 bridgehead atoms. The van der Waals surface area contributed by atoms with Crippen LogP contribution in [-0.2, 0) is 8.85 Å². The van der Waals surface area contributed by atoms with Crippen molar-refractivity contribution in [3.05, 3.63) is 0 Å². The first-order valence-corrected chi connectivity index (χ1v) is 10.3. The predicted molar refractivity (Wildman–Crippen MR) is 73.1 cm³/mol. The molecule has 92 valence electrons. The van der Waals surface area contributed by atoms with Crippen LogP contribution < -0.4 is 0 Å². The molecule has 0 amide bonds. The zero-order valence-electron chi connectivity index (χ0n) is 10.7. The quantitative estimate of drug-likeness (QED) is 0.380. The average Bonchev–Trinajstić information content (AvgIpc) is 2.16. The van der Waals surface area contributed by atoms with Crippen molar-refractivity contribution in [3.8, 4) is 0 Å². The zero-order chi connectivity index (χ0) is 11.9. The fraction of sp³-hybridized carbons (Fsp3) is 1.00. The number of alkyl halides is 1. The third-order valence-electron chi connectivity index (χ3n) is 2.41. The van der Waals surface area contributed by atoms with E-state index in [1.807, 2.05) is 0 Å². The Morgan fingerprint density at radius 1 is 1.20 bits per heavy atom. The van der Waals surface area contributed by atoms with E-state index in [4.69, 9.17) is 20.5 Å². The average molecular weight is 269 g/mol. The van der Waals surface area contributed by atoms with Gasteiger partial charge in [-0.05, 0) is 12.3 Å². The summed E-state index contributed by atoms with van der Waals surface area (Å²) >= 11 is 5.85. The van der Waals surface area contributed by atoms with Gasteiger partial charge in [0.05, 0.1) is 0 Å². The van der Waals surface area contributed by atoms with E-state index in [0.29, 0.717) is 11.8 Å². The number of halogens is 1. The number of hydrogen-bond acceptors (Lipinski definition) is 2. The van der Waals surface area contributed by atoms with E-state index in [-0.39, 0.29) is 11.7 Å². The second-order valence-corrected chi connectivity index (χ2v) is 6.82. The molecule has 0 saturated carbocycles. The second-order valence-electron chi connectivity index (χ2n) is 4.69. The van der Waals surface area contributed by atoms with E-state index < -0.39 is 19.5 Å². The van der Waals surface area contributed by atoms with Crippen LogP contribution in [0.3, 0.4) is 0 Å². The molecule has 2 nitrogen and oxygen atoms in total. The summed E-state index contributed by atoms with van der Waals surface area (Å²) in [5.74, 6) is 1.23. The van der Waals surface area contributed by atoms with Gasteiger partial charge in [0.1, 0.15) is 6.29 Å². The van der Waals surface area contributed by atoms with Gasteiger partial charge in [-0.1, -0.05) is 33.9 Å². The highest BCUT2D eigenvalue weighted by atomic mass is 35.5. The second kappa shape index (κ2) is 7.84. The Morgan fingerprint density at radius 3 is 2.00 bits per heavy atom. The molecule has 0 saturated heterocycles. The van der Waals surface area contributed by atoms with Crippen LogP contribution in [-0.4, -0.2) is 31.7 Å². The first-order chi connectivity index (χ1) is 6.97. The van der Waals surface area contributed by atoms with Gasteiger partial charge in [0, 0.05) is 11.3 Å². The van der Waals surface area contributed by atoms with Gasteiger partial charge in [-0.2, -0.15) is 0 Å². The molecule has 0 radical (unpaired) electrons. The van der Waals surface area contributed by atoms with Crippen LogP contribution in [0.4, 0.5) is 0 Å². The van der Waals surface area contributed by atoms with Crippen molar-refractivity contribution < 1.29 is 8.85 Å². The standard InChI is InChI=1S/C10H25ClO2Si2/c1-8(7-11)6-10(2,3)9(12-14-4)13-15-5/h8-9H,6-7,14-15H2,1-5H3. The largest absolute Gasteiger partial charge is 0.400 e. The monoisotopic (exact) mass is 268 g/mol. The van der Waals surface area contributed by atoms with Gasteiger partial charge in [-0.15, -0.1) is 11.6 Å². The van der Waals surface area contributed by atoms with Gasteiger partial charge < -0.3 is 8.85 Å². The fourth-order valence-electron chi connectivity index (χ4n) is 1.85. The molecule has 0 spiro atoms. The molecule has 0 aliphatic rings. The van der Waals surface area contributed by atoms with Crippen molar-refractivity contribution in [3.63, 3.8) is 0 Å². The van der Waals surface area contributed by atoms with Gasteiger partial charge in [0.15, 0.2) is 19.5 Å². The topological polar surface area (TPSA) is 18.5 Å². The van der Waals surface area contributed by atoms with E-state index in [2.05, 4.69) is 33.9 Å². The van der Waals surface area contributed by atoms with Crippen LogP contribution in [0.1, 0.15) is 27.2 Å². The van der Waals surface area contributed by atoms with Gasteiger partial charge in [0.2, 0.25) is 0 Å². The van der Waals surface area contributed by atoms with E-state index in [1.54, 1.807) is 0 Å². The Labute approximate surface area is 104 Å². The lowest BCUT2D eigenvalue weighted by Crippen LogP contribution is -2.37. The van der Waals surface area contributed by atoms with Crippen molar-refractivity contribution >= 4 is 31.1 Å². The third kappa shape index (κ3) is 6.07. The summed E-state index contributed by atoms with van der Waals surface area (Å²) in [4.78, 5) is 0. The summed E-state index contributed by atoms with van der Waals surface area (Å²) in [6.07, 6.45) is 1.06. The van der Waals surface area contributed by atoms with Gasteiger partial charge in [-0.25, -0.2) is 0 Å².